The van der Waals surface area contributed by atoms with E-state index in [0.29, 0.717) is 42.4 Å². The van der Waals surface area contributed by atoms with Crippen LogP contribution in [0.3, 0.4) is 0 Å². The lowest BCUT2D eigenvalue weighted by Crippen LogP contribution is -2.44. The van der Waals surface area contributed by atoms with Gasteiger partial charge >= 0.3 is 0 Å². The van der Waals surface area contributed by atoms with Crippen molar-refractivity contribution in [3.05, 3.63) is 93.9 Å². The van der Waals surface area contributed by atoms with E-state index < -0.39 is 11.1 Å². The second kappa shape index (κ2) is 12.9. The van der Waals surface area contributed by atoms with Gasteiger partial charge in [-0.2, -0.15) is 0 Å². The molecule has 9 nitrogen and oxygen atoms in total. The molecule has 3 aromatic carbocycles. The number of nitrogens with zero attached hydrogens (tertiary/aromatic N) is 2. The average molecular weight is 586 g/mol. The first-order valence-corrected chi connectivity index (χ1v) is 14.5. The summed E-state index contributed by atoms with van der Waals surface area (Å²) in [5.74, 6) is -0.320. The minimum atomic E-state index is -0.512. The highest BCUT2D eigenvalue weighted by Gasteiger charge is 2.37. The summed E-state index contributed by atoms with van der Waals surface area (Å²) in [6.07, 6.45) is 2.33. The van der Waals surface area contributed by atoms with E-state index in [2.05, 4.69) is 11.4 Å². The molecule has 0 bridgehead atoms. The Morgan fingerprint density at radius 1 is 0.976 bits per heavy atom. The van der Waals surface area contributed by atoms with Crippen LogP contribution in [-0.4, -0.2) is 59.1 Å². The number of carbonyl (C=O) groups is 4. The van der Waals surface area contributed by atoms with E-state index >= 15 is 0 Å². The van der Waals surface area contributed by atoms with Crippen LogP contribution < -0.4 is 14.8 Å². The highest BCUT2D eigenvalue weighted by molar-refractivity contribution is 8.18. The highest BCUT2D eigenvalue weighted by Crippen LogP contribution is 2.35. The fraction of sp³-hybridized carbons (Fsp3) is 0.250. The Morgan fingerprint density at radius 2 is 1.74 bits per heavy atom. The Labute approximate surface area is 248 Å². The summed E-state index contributed by atoms with van der Waals surface area (Å²) in [5, 5.41) is 2.34. The van der Waals surface area contributed by atoms with Gasteiger partial charge in [-0.25, -0.2) is 0 Å². The molecule has 1 saturated heterocycles. The van der Waals surface area contributed by atoms with Crippen molar-refractivity contribution in [2.24, 2.45) is 0 Å². The summed E-state index contributed by atoms with van der Waals surface area (Å²) in [5.41, 5.74) is 4.55. The molecule has 1 fully saturated rings. The van der Waals surface area contributed by atoms with Gasteiger partial charge in [-0.3, -0.25) is 24.1 Å². The molecule has 2 aliphatic rings. The van der Waals surface area contributed by atoms with Crippen LogP contribution in [0.4, 0.5) is 10.5 Å². The standard InChI is InChI=1S/C32H31N3O6S/c1-3-40-27-16-22(12-13-26(27)41-20-29(36)33-25-11-7-4-8-21(25)2)17-28-31(38)35(32(39)42-28)19-30(37)34-15-14-23-9-5-6-10-24(23)18-34/h4-13,16-17H,3,14-15,18-20H2,1-2H3,(H,33,36)/b28-17-. The lowest BCUT2D eigenvalue weighted by atomic mass is 10.00. The van der Waals surface area contributed by atoms with Gasteiger partial charge in [-0.05, 0) is 78.6 Å². The fourth-order valence-corrected chi connectivity index (χ4v) is 5.61. The molecule has 5 rings (SSSR count). The number of anilines is 1. The molecule has 0 radical (unpaired) electrons. The zero-order valence-electron chi connectivity index (χ0n) is 23.4. The normalized spacial score (nSPS) is 15.5. The molecular formula is C32H31N3O6S. The third-order valence-corrected chi connectivity index (χ3v) is 7.90. The van der Waals surface area contributed by atoms with Crippen LogP contribution in [0.25, 0.3) is 6.08 Å². The van der Waals surface area contributed by atoms with E-state index in [1.807, 2.05) is 56.3 Å². The number of ether oxygens (including phenoxy) is 2. The van der Waals surface area contributed by atoms with E-state index in [-0.39, 0.29) is 29.9 Å². The van der Waals surface area contributed by atoms with Crippen LogP contribution in [0.1, 0.15) is 29.2 Å². The number of hydrogen-bond acceptors (Lipinski definition) is 7. The number of nitrogens with one attached hydrogen (secondary N) is 1. The molecule has 0 aliphatic carbocycles. The second-order valence-electron chi connectivity index (χ2n) is 9.89. The number of amides is 4. The molecule has 2 aliphatic heterocycles. The summed E-state index contributed by atoms with van der Waals surface area (Å²) in [6, 6.07) is 20.5. The molecule has 10 heteroatoms. The molecule has 0 aromatic heterocycles. The number of benzene rings is 3. The maximum absolute atomic E-state index is 13.1. The zero-order valence-corrected chi connectivity index (χ0v) is 24.2. The first kappa shape index (κ1) is 28.9. The fourth-order valence-electron chi connectivity index (χ4n) is 4.78. The van der Waals surface area contributed by atoms with Gasteiger partial charge in [0, 0.05) is 18.8 Å². The molecule has 0 atom stereocenters. The van der Waals surface area contributed by atoms with Gasteiger partial charge in [0.25, 0.3) is 17.1 Å². The van der Waals surface area contributed by atoms with Gasteiger partial charge in [-0.1, -0.05) is 48.5 Å². The molecule has 216 valence electrons. The van der Waals surface area contributed by atoms with E-state index in [0.717, 1.165) is 34.2 Å². The number of rotatable bonds is 9. The molecule has 3 aromatic rings. The molecule has 2 heterocycles. The summed E-state index contributed by atoms with van der Waals surface area (Å²) in [7, 11) is 0. The number of fused-ring (bicyclic) bond motifs is 1. The summed E-state index contributed by atoms with van der Waals surface area (Å²) in [4.78, 5) is 54.1. The van der Waals surface area contributed by atoms with E-state index in [1.54, 1.807) is 29.2 Å². The maximum atomic E-state index is 13.1. The van der Waals surface area contributed by atoms with Crippen LogP contribution in [0, 0.1) is 6.92 Å². The summed E-state index contributed by atoms with van der Waals surface area (Å²) < 4.78 is 11.5. The van der Waals surface area contributed by atoms with Gasteiger partial charge < -0.3 is 19.7 Å². The number of carbonyl (C=O) groups excluding carboxylic acids is 4. The molecule has 0 unspecified atom stereocenters. The predicted octanol–water partition coefficient (Wildman–Crippen LogP) is 5.03. The van der Waals surface area contributed by atoms with Crippen molar-refractivity contribution in [3.63, 3.8) is 0 Å². The molecule has 1 N–H and O–H groups in total. The van der Waals surface area contributed by atoms with Gasteiger partial charge in [0.1, 0.15) is 6.54 Å². The van der Waals surface area contributed by atoms with Gasteiger partial charge in [0.2, 0.25) is 5.91 Å². The largest absolute Gasteiger partial charge is 0.490 e. The highest BCUT2D eigenvalue weighted by atomic mass is 32.2. The smallest absolute Gasteiger partial charge is 0.294 e. The Morgan fingerprint density at radius 3 is 2.52 bits per heavy atom. The van der Waals surface area contributed by atoms with Crippen LogP contribution in [0.2, 0.25) is 0 Å². The number of para-hydroxylation sites is 1. The van der Waals surface area contributed by atoms with Gasteiger partial charge in [-0.15, -0.1) is 0 Å². The summed E-state index contributed by atoms with van der Waals surface area (Å²) >= 11 is 0.796. The maximum Gasteiger partial charge on any atom is 0.294 e. The quantitative estimate of drug-likeness (QED) is 0.351. The molecule has 0 spiro atoms. The van der Waals surface area contributed by atoms with Crippen LogP contribution in [0.5, 0.6) is 11.5 Å². The first-order valence-electron chi connectivity index (χ1n) is 13.7. The third-order valence-electron chi connectivity index (χ3n) is 6.99. The van der Waals surface area contributed by atoms with Crippen molar-refractivity contribution in [3.8, 4) is 11.5 Å². The number of hydrogen-bond donors (Lipinski definition) is 1. The predicted molar refractivity (Wildman–Crippen MR) is 161 cm³/mol. The van der Waals surface area contributed by atoms with Crippen molar-refractivity contribution in [2.75, 3.05) is 31.6 Å². The Bertz CT molecular complexity index is 1570. The Kier molecular flexibility index (Phi) is 8.92. The van der Waals surface area contributed by atoms with E-state index in [1.165, 1.54) is 5.56 Å². The minimum Gasteiger partial charge on any atom is -0.490 e. The van der Waals surface area contributed by atoms with Crippen molar-refractivity contribution < 1.29 is 28.7 Å². The average Bonchev–Trinajstić information content (AvgIpc) is 3.25. The molecule has 4 amide bonds. The molecular weight excluding hydrogens is 554 g/mol. The lowest BCUT2D eigenvalue weighted by Gasteiger charge is -2.29. The zero-order chi connectivity index (χ0) is 29.6. The second-order valence-corrected chi connectivity index (χ2v) is 10.9. The van der Waals surface area contributed by atoms with E-state index in [9.17, 15) is 19.2 Å². The van der Waals surface area contributed by atoms with Crippen LogP contribution in [-0.2, 0) is 27.3 Å². The van der Waals surface area contributed by atoms with E-state index in [4.69, 9.17) is 9.47 Å². The van der Waals surface area contributed by atoms with Crippen LogP contribution >= 0.6 is 11.8 Å². The molecule has 0 saturated carbocycles. The van der Waals surface area contributed by atoms with Crippen LogP contribution in [0.15, 0.2) is 71.6 Å². The minimum absolute atomic E-state index is 0.213. The van der Waals surface area contributed by atoms with Gasteiger partial charge in [0.15, 0.2) is 18.1 Å². The Hall–Kier alpha value is -4.57. The van der Waals surface area contributed by atoms with Crippen molar-refractivity contribution in [1.82, 2.24) is 9.80 Å². The monoisotopic (exact) mass is 585 g/mol. The Balaban J connectivity index is 1.23. The van der Waals surface area contributed by atoms with Crippen molar-refractivity contribution in [2.45, 2.75) is 26.8 Å². The topological polar surface area (TPSA) is 105 Å². The number of imide groups is 1. The molecule has 42 heavy (non-hydrogen) atoms. The first-order chi connectivity index (χ1) is 20.3. The summed E-state index contributed by atoms with van der Waals surface area (Å²) in [6.45, 7) is 4.57. The van der Waals surface area contributed by atoms with Gasteiger partial charge in [0.05, 0.1) is 11.5 Å². The number of aryl methyl sites for hydroxylation is 1. The lowest BCUT2D eigenvalue weighted by molar-refractivity contribution is -0.136. The SMILES string of the molecule is CCOc1cc(/C=C2\SC(=O)N(CC(=O)N3CCc4ccccc4C3)C2=O)ccc1OCC(=O)Nc1ccccc1C. The number of thioether (sulfide) groups is 1. The van der Waals surface area contributed by atoms with Crippen molar-refractivity contribution in [1.29, 1.82) is 0 Å². The van der Waals surface area contributed by atoms with Crippen molar-refractivity contribution >= 4 is 46.5 Å². The third kappa shape index (κ3) is 6.66.